The highest BCUT2D eigenvalue weighted by atomic mass is 16.4. The van der Waals surface area contributed by atoms with E-state index in [-0.39, 0.29) is 0 Å². The third-order valence-electron chi connectivity index (χ3n) is 4.50. The van der Waals surface area contributed by atoms with Crippen LogP contribution >= 0.6 is 0 Å². The van der Waals surface area contributed by atoms with Crippen LogP contribution in [0.3, 0.4) is 0 Å². The van der Waals surface area contributed by atoms with Crippen molar-refractivity contribution in [1.29, 1.82) is 0 Å². The van der Waals surface area contributed by atoms with Crippen LogP contribution in [-0.2, 0) is 5.41 Å². The summed E-state index contributed by atoms with van der Waals surface area (Å²) in [5.74, 6) is -0.877. The van der Waals surface area contributed by atoms with Crippen molar-refractivity contribution < 1.29 is 9.90 Å². The molecular formula is C20H14O2. The fourth-order valence-electron chi connectivity index (χ4n) is 3.54. The van der Waals surface area contributed by atoms with E-state index in [9.17, 15) is 9.90 Å². The fraction of sp³-hybridized carbons (Fsp3) is 0.0500. The Morgan fingerprint density at radius 3 is 1.73 bits per heavy atom. The van der Waals surface area contributed by atoms with Crippen molar-refractivity contribution in [3.8, 4) is 0 Å². The molecule has 1 N–H and O–H groups in total. The van der Waals surface area contributed by atoms with Crippen LogP contribution in [0, 0.1) is 0 Å². The van der Waals surface area contributed by atoms with Crippen LogP contribution in [-0.4, -0.2) is 11.1 Å². The van der Waals surface area contributed by atoms with Gasteiger partial charge in [-0.1, -0.05) is 72.8 Å². The van der Waals surface area contributed by atoms with Crippen LogP contribution in [0.15, 0.2) is 78.9 Å². The monoisotopic (exact) mass is 286 g/mol. The predicted molar refractivity (Wildman–Crippen MR) is 85.3 cm³/mol. The van der Waals surface area contributed by atoms with Gasteiger partial charge in [0.1, 0.15) is 0 Å². The fourth-order valence-corrected chi connectivity index (χ4v) is 3.54. The molecule has 2 aliphatic rings. The first-order valence-electron chi connectivity index (χ1n) is 7.24. The topological polar surface area (TPSA) is 37.3 Å². The Kier molecular flexibility index (Phi) is 2.67. The maximum absolute atomic E-state index is 11.6. The molecule has 0 fully saturated rings. The number of hydrogen-bond donors (Lipinski definition) is 1. The number of carboxylic acid groups (broad SMARTS) is 1. The van der Waals surface area contributed by atoms with E-state index in [1.165, 1.54) is 0 Å². The molecule has 0 saturated carbocycles. The number of aromatic carboxylic acids is 1. The van der Waals surface area contributed by atoms with Crippen LogP contribution in [0.5, 0.6) is 0 Å². The molecule has 0 aliphatic heterocycles. The van der Waals surface area contributed by atoms with E-state index in [0.717, 1.165) is 22.3 Å². The van der Waals surface area contributed by atoms with E-state index < -0.39 is 11.4 Å². The van der Waals surface area contributed by atoms with Gasteiger partial charge in [0.2, 0.25) is 0 Å². The summed E-state index contributed by atoms with van der Waals surface area (Å²) >= 11 is 0. The first-order valence-corrected chi connectivity index (χ1v) is 7.24. The van der Waals surface area contributed by atoms with Gasteiger partial charge in [-0.05, 0) is 28.3 Å². The van der Waals surface area contributed by atoms with Crippen molar-refractivity contribution in [1.82, 2.24) is 0 Å². The first-order chi connectivity index (χ1) is 10.7. The minimum atomic E-state index is -0.877. The summed E-state index contributed by atoms with van der Waals surface area (Å²) in [4.78, 5) is 11.6. The van der Waals surface area contributed by atoms with Crippen LogP contribution in [0.2, 0.25) is 0 Å². The smallest absolute Gasteiger partial charge is 0.336 e. The summed E-state index contributed by atoms with van der Waals surface area (Å²) in [6.45, 7) is 0. The Morgan fingerprint density at radius 1 is 0.727 bits per heavy atom. The molecule has 3 aromatic rings. The molecule has 106 valence electrons. The number of hydrogen-bond acceptors (Lipinski definition) is 1. The molecular weight excluding hydrogens is 272 g/mol. The standard InChI is InChI=1S/C20H14O2/c21-19(22)17-12-11-16-13-18(17)20(16,14-7-3-1-4-8-14)15-9-5-2-6-10-15/h1-13H,(H,21,22). The van der Waals surface area contributed by atoms with E-state index in [1.807, 2.05) is 48.5 Å². The zero-order chi connectivity index (χ0) is 15.2. The predicted octanol–water partition coefficient (Wildman–Crippen LogP) is 4.08. The van der Waals surface area contributed by atoms with Gasteiger partial charge in [0.15, 0.2) is 0 Å². The molecule has 2 bridgehead atoms. The van der Waals surface area contributed by atoms with Gasteiger partial charge in [0, 0.05) is 0 Å². The summed E-state index contributed by atoms with van der Waals surface area (Å²) in [7, 11) is 0. The normalized spacial score (nSPS) is 14.2. The Balaban J connectivity index is 2.04. The molecule has 0 spiro atoms. The summed E-state index contributed by atoms with van der Waals surface area (Å²) < 4.78 is 0. The van der Waals surface area contributed by atoms with Gasteiger partial charge in [-0.15, -0.1) is 0 Å². The van der Waals surface area contributed by atoms with Crippen LogP contribution in [0.1, 0.15) is 32.6 Å². The van der Waals surface area contributed by atoms with Crippen molar-refractivity contribution in [3.63, 3.8) is 0 Å². The minimum Gasteiger partial charge on any atom is -0.478 e. The summed E-state index contributed by atoms with van der Waals surface area (Å²) in [6, 6.07) is 25.9. The van der Waals surface area contributed by atoms with Gasteiger partial charge >= 0.3 is 5.97 Å². The molecule has 0 atom stereocenters. The van der Waals surface area contributed by atoms with Crippen LogP contribution in [0.25, 0.3) is 0 Å². The lowest BCUT2D eigenvalue weighted by Gasteiger charge is -2.44. The van der Waals surface area contributed by atoms with Crippen molar-refractivity contribution in [3.05, 3.63) is 107 Å². The second-order valence-corrected chi connectivity index (χ2v) is 5.55. The Labute approximate surface area is 128 Å². The van der Waals surface area contributed by atoms with E-state index in [1.54, 1.807) is 6.07 Å². The SMILES string of the molecule is O=C(O)c1ccc2cc1C2(c1ccccc1)c1ccccc1. The van der Waals surface area contributed by atoms with Gasteiger partial charge in [-0.3, -0.25) is 0 Å². The Bertz CT molecular complexity index is 808. The third kappa shape index (κ3) is 1.52. The van der Waals surface area contributed by atoms with Crippen molar-refractivity contribution in [2.24, 2.45) is 0 Å². The van der Waals surface area contributed by atoms with Crippen molar-refractivity contribution in [2.45, 2.75) is 5.41 Å². The lowest BCUT2D eigenvalue weighted by Crippen LogP contribution is -2.39. The molecule has 0 radical (unpaired) electrons. The molecule has 5 rings (SSSR count). The van der Waals surface area contributed by atoms with Gasteiger partial charge < -0.3 is 5.11 Å². The molecule has 2 nitrogen and oxygen atoms in total. The maximum Gasteiger partial charge on any atom is 0.336 e. The molecule has 0 heterocycles. The zero-order valence-electron chi connectivity index (χ0n) is 11.9. The van der Waals surface area contributed by atoms with Gasteiger partial charge in [-0.2, -0.15) is 0 Å². The molecule has 0 amide bonds. The van der Waals surface area contributed by atoms with E-state index in [2.05, 4.69) is 24.3 Å². The van der Waals surface area contributed by atoms with Gasteiger partial charge in [-0.25, -0.2) is 4.79 Å². The first kappa shape index (κ1) is 12.8. The lowest BCUT2D eigenvalue weighted by atomic mass is 9.57. The summed E-state index contributed by atoms with van der Waals surface area (Å²) in [6.07, 6.45) is 0. The van der Waals surface area contributed by atoms with E-state index in [4.69, 9.17) is 0 Å². The number of fused-ring (bicyclic) bond motifs is 2. The maximum atomic E-state index is 11.6. The minimum absolute atomic E-state index is 0.378. The number of carbonyl (C=O) groups is 1. The van der Waals surface area contributed by atoms with Crippen molar-refractivity contribution in [2.75, 3.05) is 0 Å². The Morgan fingerprint density at radius 2 is 1.27 bits per heavy atom. The number of carboxylic acids is 1. The van der Waals surface area contributed by atoms with Gasteiger partial charge in [0.05, 0.1) is 11.0 Å². The zero-order valence-corrected chi connectivity index (χ0v) is 11.9. The highest BCUT2D eigenvalue weighted by Gasteiger charge is 2.47. The van der Waals surface area contributed by atoms with Gasteiger partial charge in [0.25, 0.3) is 0 Å². The van der Waals surface area contributed by atoms with E-state index >= 15 is 0 Å². The molecule has 0 unspecified atom stereocenters. The summed E-state index contributed by atoms with van der Waals surface area (Å²) in [5.41, 5.74) is 4.15. The second kappa shape index (κ2) is 4.57. The van der Waals surface area contributed by atoms with E-state index in [0.29, 0.717) is 5.56 Å². The molecule has 0 saturated heterocycles. The second-order valence-electron chi connectivity index (χ2n) is 5.55. The average Bonchev–Trinajstić information content (AvgIpc) is 2.57. The highest BCUT2D eigenvalue weighted by Crippen LogP contribution is 2.53. The molecule has 2 aliphatic carbocycles. The van der Waals surface area contributed by atoms with Crippen LogP contribution < -0.4 is 0 Å². The number of rotatable bonds is 3. The molecule has 3 aromatic carbocycles. The number of benzene rings is 3. The quantitative estimate of drug-likeness (QED) is 0.616. The summed E-state index contributed by atoms with van der Waals surface area (Å²) in [5, 5.41) is 9.52. The van der Waals surface area contributed by atoms with Crippen molar-refractivity contribution >= 4 is 5.97 Å². The third-order valence-corrected chi connectivity index (χ3v) is 4.50. The largest absolute Gasteiger partial charge is 0.478 e. The highest BCUT2D eigenvalue weighted by molar-refractivity contribution is 5.93. The molecule has 22 heavy (non-hydrogen) atoms. The lowest BCUT2D eigenvalue weighted by molar-refractivity contribution is 0.0694. The molecule has 2 heteroatoms. The van der Waals surface area contributed by atoms with Crippen LogP contribution in [0.4, 0.5) is 0 Å². The Hall–Kier alpha value is -2.87. The average molecular weight is 286 g/mol. The molecule has 0 aromatic heterocycles.